The lowest BCUT2D eigenvalue weighted by Gasteiger charge is -2.06. The van der Waals surface area contributed by atoms with Gasteiger partial charge in [0.15, 0.2) is 5.78 Å². The molecular weight excluding hydrogens is 302 g/mol. The van der Waals surface area contributed by atoms with Crippen LogP contribution in [-0.2, 0) is 0 Å². The predicted octanol–water partition coefficient (Wildman–Crippen LogP) is 2.91. The van der Waals surface area contributed by atoms with Crippen LogP contribution in [0.2, 0.25) is 0 Å². The summed E-state index contributed by atoms with van der Waals surface area (Å²) < 4.78 is 3.93. The van der Waals surface area contributed by atoms with Crippen LogP contribution in [0.4, 0.5) is 5.13 Å². The lowest BCUT2D eigenvalue weighted by molar-refractivity contribution is 0.0959. The lowest BCUT2D eigenvalue weighted by atomic mass is 9.97. The van der Waals surface area contributed by atoms with Crippen molar-refractivity contribution in [3.8, 4) is 6.07 Å². The largest absolute Gasteiger partial charge is 0.294 e. The normalized spacial score (nSPS) is 12.0. The number of carbonyl (C=O) groups is 2. The molecule has 1 aromatic carbocycles. The maximum Gasteiger partial charge on any atom is 0.249 e. The summed E-state index contributed by atoms with van der Waals surface area (Å²) in [5, 5.41) is 16.9. The molecule has 0 aliphatic rings. The molecule has 1 aromatic heterocycles. The molecular formula is C14H11N5O2S. The van der Waals surface area contributed by atoms with E-state index in [1.54, 1.807) is 25.1 Å². The Labute approximate surface area is 130 Å². The van der Waals surface area contributed by atoms with Crippen LogP contribution in [0.1, 0.15) is 33.5 Å². The number of nitriles is 1. The zero-order chi connectivity index (χ0) is 16.1. The van der Waals surface area contributed by atoms with Crippen molar-refractivity contribution in [3.63, 3.8) is 0 Å². The van der Waals surface area contributed by atoms with E-state index in [9.17, 15) is 9.59 Å². The van der Waals surface area contributed by atoms with Crippen molar-refractivity contribution < 1.29 is 9.59 Å². The van der Waals surface area contributed by atoms with E-state index in [-0.39, 0.29) is 22.0 Å². The molecule has 1 unspecified atom stereocenters. The first-order chi connectivity index (χ1) is 10.5. The topological polar surface area (TPSA) is 108 Å². The molecule has 0 fully saturated rings. The van der Waals surface area contributed by atoms with E-state index >= 15 is 0 Å². The smallest absolute Gasteiger partial charge is 0.249 e. The number of nitrogens with zero attached hydrogens (tertiary/aromatic N) is 5. The van der Waals surface area contributed by atoms with Gasteiger partial charge in [-0.15, -0.1) is 5.11 Å². The van der Waals surface area contributed by atoms with Crippen LogP contribution in [0, 0.1) is 18.3 Å². The van der Waals surface area contributed by atoms with Gasteiger partial charge in [0, 0.05) is 22.7 Å². The average Bonchev–Trinajstić information content (AvgIpc) is 2.93. The molecule has 8 heteroatoms. The van der Waals surface area contributed by atoms with E-state index in [2.05, 4.69) is 19.6 Å². The molecule has 0 spiro atoms. The van der Waals surface area contributed by atoms with Crippen molar-refractivity contribution in [1.29, 1.82) is 5.26 Å². The highest BCUT2D eigenvalue weighted by molar-refractivity contribution is 7.09. The molecule has 2 aromatic rings. The van der Waals surface area contributed by atoms with E-state index in [1.165, 1.54) is 19.1 Å². The van der Waals surface area contributed by atoms with Gasteiger partial charge in [-0.25, -0.2) is 4.98 Å². The fourth-order valence-corrected chi connectivity index (χ4v) is 2.23. The van der Waals surface area contributed by atoms with Crippen molar-refractivity contribution in [3.05, 3.63) is 41.2 Å². The Balaban J connectivity index is 2.28. The van der Waals surface area contributed by atoms with Gasteiger partial charge >= 0.3 is 0 Å². The van der Waals surface area contributed by atoms with Gasteiger partial charge in [0.25, 0.3) is 0 Å². The van der Waals surface area contributed by atoms with E-state index < -0.39 is 11.8 Å². The predicted molar refractivity (Wildman–Crippen MR) is 79.3 cm³/mol. The van der Waals surface area contributed by atoms with Gasteiger partial charge in [-0.2, -0.15) is 14.7 Å². The van der Waals surface area contributed by atoms with Crippen molar-refractivity contribution >= 4 is 28.2 Å². The number of hydrogen-bond donors (Lipinski definition) is 0. The van der Waals surface area contributed by atoms with Gasteiger partial charge in [0.05, 0.1) is 6.07 Å². The number of Topliss-reactive ketones (excluding diaryl/α,β-unsaturated/α-hetero) is 2. The monoisotopic (exact) mass is 313 g/mol. The first-order valence-electron chi connectivity index (χ1n) is 6.28. The third-order valence-corrected chi connectivity index (χ3v) is 3.41. The van der Waals surface area contributed by atoms with Gasteiger partial charge in [0.2, 0.25) is 17.0 Å². The van der Waals surface area contributed by atoms with Crippen molar-refractivity contribution in [2.45, 2.75) is 19.9 Å². The molecule has 110 valence electrons. The van der Waals surface area contributed by atoms with Crippen LogP contribution >= 0.6 is 11.5 Å². The summed E-state index contributed by atoms with van der Waals surface area (Å²) in [5.41, 5.74) is 0.420. The molecule has 0 radical (unpaired) electrons. The number of aryl methyl sites for hydroxylation is 1. The minimum atomic E-state index is -1.33. The molecule has 0 amide bonds. The summed E-state index contributed by atoms with van der Waals surface area (Å²) in [5.74, 6) is -0.281. The molecule has 0 aliphatic carbocycles. The minimum absolute atomic E-state index is 0.161. The maximum absolute atomic E-state index is 12.4. The Kier molecular flexibility index (Phi) is 4.80. The van der Waals surface area contributed by atoms with Crippen LogP contribution in [0.3, 0.4) is 0 Å². The number of aromatic nitrogens is 2. The Morgan fingerprint density at radius 2 is 2.00 bits per heavy atom. The van der Waals surface area contributed by atoms with Crippen molar-refractivity contribution in [2.24, 2.45) is 10.2 Å². The van der Waals surface area contributed by atoms with Crippen LogP contribution < -0.4 is 0 Å². The molecule has 0 saturated carbocycles. The van der Waals surface area contributed by atoms with E-state index in [4.69, 9.17) is 5.26 Å². The lowest BCUT2D eigenvalue weighted by Crippen LogP contribution is -2.19. The highest BCUT2D eigenvalue weighted by atomic mass is 32.1. The van der Waals surface area contributed by atoms with E-state index in [0.29, 0.717) is 5.82 Å². The van der Waals surface area contributed by atoms with Crippen LogP contribution in [0.5, 0.6) is 0 Å². The third-order valence-electron chi connectivity index (χ3n) is 2.72. The van der Waals surface area contributed by atoms with Crippen LogP contribution in [0.25, 0.3) is 0 Å². The van der Waals surface area contributed by atoms with Crippen molar-refractivity contribution in [1.82, 2.24) is 9.36 Å². The molecule has 7 nitrogen and oxygen atoms in total. The van der Waals surface area contributed by atoms with Gasteiger partial charge in [-0.05, 0) is 13.8 Å². The summed E-state index contributed by atoms with van der Waals surface area (Å²) >= 11 is 1.02. The summed E-state index contributed by atoms with van der Waals surface area (Å²) in [6.45, 7) is 3.06. The molecule has 1 atom stereocenters. The maximum atomic E-state index is 12.4. The van der Waals surface area contributed by atoms with Crippen LogP contribution in [-0.4, -0.2) is 27.0 Å². The Hall–Kier alpha value is -2.79. The van der Waals surface area contributed by atoms with E-state index in [0.717, 1.165) is 11.5 Å². The van der Waals surface area contributed by atoms with Gasteiger partial charge < -0.3 is 0 Å². The highest BCUT2D eigenvalue weighted by Crippen LogP contribution is 2.18. The summed E-state index contributed by atoms with van der Waals surface area (Å²) in [4.78, 5) is 27.9. The number of carbonyl (C=O) groups excluding carboxylic acids is 2. The molecule has 0 saturated heterocycles. The number of ketones is 2. The SMILES string of the molecule is CC(=O)c1ccccc1C(=O)C(C#N)/N=N/c1nc(C)ns1. The molecule has 2 rings (SSSR count). The van der Waals surface area contributed by atoms with E-state index in [1.807, 2.05) is 0 Å². The van der Waals surface area contributed by atoms with Gasteiger partial charge in [0.1, 0.15) is 5.82 Å². The molecule has 1 heterocycles. The van der Waals surface area contributed by atoms with Gasteiger partial charge in [-0.1, -0.05) is 24.3 Å². The van der Waals surface area contributed by atoms with Gasteiger partial charge in [-0.3, -0.25) is 9.59 Å². The summed E-state index contributed by atoms with van der Waals surface area (Å²) in [6, 6.07) is 6.76. The molecule has 0 aliphatic heterocycles. The zero-order valence-corrected chi connectivity index (χ0v) is 12.7. The van der Waals surface area contributed by atoms with Crippen LogP contribution in [0.15, 0.2) is 34.5 Å². The quantitative estimate of drug-likeness (QED) is 0.622. The minimum Gasteiger partial charge on any atom is -0.294 e. The average molecular weight is 313 g/mol. The fourth-order valence-electron chi connectivity index (χ4n) is 1.72. The number of hydrogen-bond acceptors (Lipinski definition) is 8. The molecule has 0 bridgehead atoms. The Bertz CT molecular complexity index is 791. The second-order valence-electron chi connectivity index (χ2n) is 4.34. The number of rotatable bonds is 5. The Morgan fingerprint density at radius 1 is 1.32 bits per heavy atom. The molecule has 22 heavy (non-hydrogen) atoms. The standard InChI is InChI=1S/C14H11N5O2S/c1-8(20)10-5-3-4-6-11(10)13(21)12(7-15)17-18-14-16-9(2)19-22-14/h3-6,12H,1-2H3/b18-17+. The zero-order valence-electron chi connectivity index (χ0n) is 11.8. The summed E-state index contributed by atoms with van der Waals surface area (Å²) in [7, 11) is 0. The summed E-state index contributed by atoms with van der Waals surface area (Å²) in [6.07, 6.45) is 0. The fraction of sp³-hybridized carbons (Fsp3) is 0.214. The number of azo groups is 1. The number of benzene rings is 1. The second kappa shape index (κ2) is 6.78. The highest BCUT2D eigenvalue weighted by Gasteiger charge is 2.23. The third kappa shape index (κ3) is 3.45. The Morgan fingerprint density at radius 3 is 2.55 bits per heavy atom. The molecule has 0 N–H and O–H groups in total. The van der Waals surface area contributed by atoms with Crippen molar-refractivity contribution in [2.75, 3.05) is 0 Å². The first-order valence-corrected chi connectivity index (χ1v) is 7.05. The first kappa shape index (κ1) is 15.6. The second-order valence-corrected chi connectivity index (χ2v) is 5.07.